The minimum absolute atomic E-state index is 0.0500. The SMILES string of the molecule is CC(C)CCN(CCC(=O)O)C(=O)c1ccc2c(c1)C[C@@](C)(Cc1ccc(C(C)C)cc1)O2. The molecule has 1 atom stereocenters. The van der Waals surface area contributed by atoms with Gasteiger partial charge in [-0.15, -0.1) is 0 Å². The second-order valence-electron chi connectivity index (χ2n) is 10.2. The van der Waals surface area contributed by atoms with Gasteiger partial charge in [-0.2, -0.15) is 0 Å². The van der Waals surface area contributed by atoms with Gasteiger partial charge in [0.2, 0.25) is 0 Å². The van der Waals surface area contributed by atoms with Crippen LogP contribution in [-0.4, -0.2) is 40.6 Å². The Morgan fingerprint density at radius 2 is 1.76 bits per heavy atom. The Morgan fingerprint density at radius 3 is 2.36 bits per heavy atom. The van der Waals surface area contributed by atoms with Gasteiger partial charge in [0, 0.05) is 31.5 Å². The third kappa shape index (κ3) is 6.59. The first kappa shape index (κ1) is 24.8. The number of nitrogens with zero attached hydrogens (tertiary/aromatic N) is 1. The molecule has 1 N–H and O–H groups in total. The van der Waals surface area contributed by atoms with Crippen LogP contribution in [0.2, 0.25) is 0 Å². The topological polar surface area (TPSA) is 66.8 Å². The molecule has 178 valence electrons. The number of carboxylic acids is 1. The highest BCUT2D eigenvalue weighted by atomic mass is 16.5. The van der Waals surface area contributed by atoms with Gasteiger partial charge in [-0.25, -0.2) is 0 Å². The number of carbonyl (C=O) groups is 2. The molecule has 2 aromatic rings. The van der Waals surface area contributed by atoms with Crippen LogP contribution in [0.3, 0.4) is 0 Å². The summed E-state index contributed by atoms with van der Waals surface area (Å²) in [7, 11) is 0. The average Bonchev–Trinajstić information content (AvgIpc) is 3.08. The second-order valence-corrected chi connectivity index (χ2v) is 10.2. The summed E-state index contributed by atoms with van der Waals surface area (Å²) < 4.78 is 6.33. The third-order valence-electron chi connectivity index (χ3n) is 6.31. The third-order valence-corrected chi connectivity index (χ3v) is 6.31. The summed E-state index contributed by atoms with van der Waals surface area (Å²) in [6, 6.07) is 14.3. The molecule has 1 heterocycles. The number of rotatable bonds is 10. The van der Waals surface area contributed by atoms with E-state index in [4.69, 9.17) is 9.84 Å². The Hall–Kier alpha value is -2.82. The van der Waals surface area contributed by atoms with E-state index in [1.165, 1.54) is 11.1 Å². The van der Waals surface area contributed by atoms with Crippen molar-refractivity contribution in [2.45, 2.75) is 71.8 Å². The Labute approximate surface area is 197 Å². The number of carbonyl (C=O) groups excluding carboxylic acids is 1. The molecule has 2 aromatic carbocycles. The smallest absolute Gasteiger partial charge is 0.305 e. The lowest BCUT2D eigenvalue weighted by atomic mass is 9.90. The molecule has 0 spiro atoms. The molecule has 5 heteroatoms. The summed E-state index contributed by atoms with van der Waals surface area (Å²) in [5, 5.41) is 9.09. The molecule has 0 aliphatic carbocycles. The quantitative estimate of drug-likeness (QED) is 0.502. The first-order valence-electron chi connectivity index (χ1n) is 12.0. The van der Waals surface area contributed by atoms with E-state index in [2.05, 4.69) is 58.9 Å². The summed E-state index contributed by atoms with van der Waals surface area (Å²) >= 11 is 0. The van der Waals surface area contributed by atoms with Crippen LogP contribution < -0.4 is 4.74 Å². The van der Waals surface area contributed by atoms with Crippen LogP contribution in [0.1, 0.15) is 80.4 Å². The van der Waals surface area contributed by atoms with Gasteiger partial charge in [0.25, 0.3) is 5.91 Å². The molecular weight excluding hydrogens is 414 g/mol. The Bertz CT molecular complexity index is 980. The van der Waals surface area contributed by atoms with E-state index < -0.39 is 5.97 Å². The molecule has 0 bridgehead atoms. The maximum Gasteiger partial charge on any atom is 0.305 e. The van der Waals surface area contributed by atoms with Crippen LogP contribution in [0, 0.1) is 5.92 Å². The fourth-order valence-electron chi connectivity index (χ4n) is 4.35. The number of carboxylic acid groups (broad SMARTS) is 1. The highest BCUT2D eigenvalue weighted by molar-refractivity contribution is 5.95. The molecule has 1 aliphatic rings. The molecule has 3 rings (SSSR count). The van der Waals surface area contributed by atoms with Gasteiger partial charge in [-0.05, 0) is 60.1 Å². The summed E-state index contributed by atoms with van der Waals surface area (Å²) in [5.41, 5.74) is 3.83. The van der Waals surface area contributed by atoms with Crippen molar-refractivity contribution < 1.29 is 19.4 Å². The minimum atomic E-state index is -0.892. The summed E-state index contributed by atoms with van der Waals surface area (Å²) in [4.78, 5) is 25.9. The van der Waals surface area contributed by atoms with E-state index in [9.17, 15) is 9.59 Å². The van der Waals surface area contributed by atoms with Gasteiger partial charge in [0.05, 0.1) is 6.42 Å². The van der Waals surface area contributed by atoms with E-state index in [0.717, 1.165) is 30.6 Å². The maximum atomic E-state index is 13.2. The summed E-state index contributed by atoms with van der Waals surface area (Å²) in [6.07, 6.45) is 2.32. The Morgan fingerprint density at radius 1 is 1.06 bits per heavy atom. The van der Waals surface area contributed by atoms with Crippen molar-refractivity contribution in [3.63, 3.8) is 0 Å². The second kappa shape index (κ2) is 10.4. The van der Waals surface area contributed by atoms with E-state index in [-0.39, 0.29) is 24.5 Å². The largest absolute Gasteiger partial charge is 0.487 e. The van der Waals surface area contributed by atoms with Gasteiger partial charge < -0.3 is 14.7 Å². The van der Waals surface area contributed by atoms with Crippen LogP contribution in [0.25, 0.3) is 0 Å². The van der Waals surface area contributed by atoms with Crippen LogP contribution in [0.5, 0.6) is 5.75 Å². The zero-order valence-electron chi connectivity index (χ0n) is 20.6. The molecule has 0 fully saturated rings. The van der Waals surface area contributed by atoms with Crippen molar-refractivity contribution in [3.8, 4) is 5.75 Å². The van der Waals surface area contributed by atoms with E-state index in [0.29, 0.717) is 23.9 Å². The van der Waals surface area contributed by atoms with Crippen LogP contribution in [0.15, 0.2) is 42.5 Å². The molecule has 0 saturated carbocycles. The minimum Gasteiger partial charge on any atom is -0.487 e. The number of aliphatic carboxylic acids is 1. The Kier molecular flexibility index (Phi) is 7.83. The number of benzene rings is 2. The molecule has 0 aromatic heterocycles. The van der Waals surface area contributed by atoms with Gasteiger partial charge in [-0.1, -0.05) is 52.0 Å². The van der Waals surface area contributed by atoms with Crippen molar-refractivity contribution in [3.05, 3.63) is 64.7 Å². The predicted molar refractivity (Wildman–Crippen MR) is 131 cm³/mol. The Balaban J connectivity index is 1.72. The number of hydrogen-bond acceptors (Lipinski definition) is 3. The molecule has 1 amide bonds. The fourth-order valence-corrected chi connectivity index (χ4v) is 4.35. The molecule has 0 unspecified atom stereocenters. The lowest BCUT2D eigenvalue weighted by Gasteiger charge is -2.24. The lowest BCUT2D eigenvalue weighted by molar-refractivity contribution is -0.137. The summed E-state index contributed by atoms with van der Waals surface area (Å²) in [5.74, 6) is 0.767. The zero-order valence-corrected chi connectivity index (χ0v) is 20.6. The van der Waals surface area contributed by atoms with E-state index in [1.54, 1.807) is 11.0 Å². The molecule has 5 nitrogen and oxygen atoms in total. The molecule has 0 radical (unpaired) electrons. The molecule has 33 heavy (non-hydrogen) atoms. The maximum absolute atomic E-state index is 13.2. The first-order chi connectivity index (χ1) is 15.6. The molecule has 1 aliphatic heterocycles. The first-order valence-corrected chi connectivity index (χ1v) is 12.0. The fraction of sp³-hybridized carbons (Fsp3) is 0.500. The van der Waals surface area contributed by atoms with Crippen molar-refractivity contribution in [2.75, 3.05) is 13.1 Å². The van der Waals surface area contributed by atoms with E-state index in [1.807, 2.05) is 12.1 Å². The van der Waals surface area contributed by atoms with Gasteiger partial charge in [-0.3, -0.25) is 9.59 Å². The monoisotopic (exact) mass is 451 g/mol. The van der Waals surface area contributed by atoms with Crippen molar-refractivity contribution in [2.24, 2.45) is 5.92 Å². The molecular formula is C28H37NO4. The van der Waals surface area contributed by atoms with Gasteiger partial charge in [0.1, 0.15) is 11.4 Å². The highest BCUT2D eigenvalue weighted by Gasteiger charge is 2.35. The van der Waals surface area contributed by atoms with Crippen molar-refractivity contribution >= 4 is 11.9 Å². The number of hydrogen-bond donors (Lipinski definition) is 1. The average molecular weight is 452 g/mol. The standard InChI is InChI=1S/C28H37NO4/c1-19(2)12-14-29(15-13-26(30)31)27(32)23-10-11-25-24(16-23)18-28(5,33-25)17-21-6-8-22(9-7-21)20(3)4/h6-11,16,19-20H,12-15,17-18H2,1-5H3,(H,30,31)/t28-/m1/s1. The lowest BCUT2D eigenvalue weighted by Crippen LogP contribution is -2.34. The predicted octanol–water partition coefficient (Wildman–Crippen LogP) is 5.71. The van der Waals surface area contributed by atoms with Crippen molar-refractivity contribution in [1.29, 1.82) is 0 Å². The number of ether oxygens (including phenoxy) is 1. The van der Waals surface area contributed by atoms with Gasteiger partial charge >= 0.3 is 5.97 Å². The van der Waals surface area contributed by atoms with Gasteiger partial charge in [0.15, 0.2) is 0 Å². The van der Waals surface area contributed by atoms with Crippen LogP contribution in [0.4, 0.5) is 0 Å². The van der Waals surface area contributed by atoms with Crippen molar-refractivity contribution in [1.82, 2.24) is 4.90 Å². The number of fused-ring (bicyclic) bond motifs is 1. The summed E-state index contributed by atoms with van der Waals surface area (Å²) in [6.45, 7) is 11.5. The van der Waals surface area contributed by atoms with Crippen LogP contribution >= 0.6 is 0 Å². The van der Waals surface area contributed by atoms with Crippen LogP contribution in [-0.2, 0) is 17.6 Å². The number of amides is 1. The zero-order chi connectivity index (χ0) is 24.2. The normalized spacial score (nSPS) is 17.2. The van der Waals surface area contributed by atoms with E-state index >= 15 is 0 Å². The highest BCUT2D eigenvalue weighted by Crippen LogP contribution is 2.37. The molecule has 0 saturated heterocycles.